The van der Waals surface area contributed by atoms with E-state index >= 15 is 0 Å². The zero-order chi connectivity index (χ0) is 18.8. The van der Waals surface area contributed by atoms with Gasteiger partial charge in [0, 0.05) is 35.7 Å². The van der Waals surface area contributed by atoms with Crippen LogP contribution in [-0.2, 0) is 6.42 Å². The fraction of sp³-hybridized carbons (Fsp3) is 0.200. The molecule has 0 unspecified atom stereocenters. The van der Waals surface area contributed by atoms with Crippen LogP contribution in [0.15, 0.2) is 53.4 Å². The molecule has 0 spiro atoms. The Kier molecular flexibility index (Phi) is 4.50. The number of hydrogen-bond donors (Lipinski definition) is 3. The number of guanidine groups is 1. The van der Waals surface area contributed by atoms with Gasteiger partial charge in [0.2, 0.25) is 0 Å². The number of ether oxygens (including phenoxy) is 1. The van der Waals surface area contributed by atoms with Crippen molar-refractivity contribution < 1.29 is 9.13 Å². The molecule has 7 heteroatoms. The lowest BCUT2D eigenvalue weighted by atomic mass is 10.0. The van der Waals surface area contributed by atoms with Gasteiger partial charge in [-0.1, -0.05) is 0 Å². The zero-order valence-electron chi connectivity index (χ0n) is 15.1. The molecule has 2 aromatic heterocycles. The number of pyridine rings is 1. The Hall–Kier alpha value is -3.35. The first-order valence-corrected chi connectivity index (χ1v) is 8.64. The highest BCUT2D eigenvalue weighted by Gasteiger charge is 2.12. The van der Waals surface area contributed by atoms with Gasteiger partial charge in [-0.3, -0.25) is 0 Å². The van der Waals surface area contributed by atoms with Gasteiger partial charge in [0.25, 0.3) is 0 Å². The van der Waals surface area contributed by atoms with E-state index in [2.05, 4.69) is 31.7 Å². The summed E-state index contributed by atoms with van der Waals surface area (Å²) in [6, 6.07) is 6.84. The minimum absolute atomic E-state index is 0.213. The van der Waals surface area contributed by atoms with Crippen molar-refractivity contribution in [1.82, 2.24) is 15.3 Å². The molecule has 3 heterocycles. The maximum absolute atomic E-state index is 13.8. The molecule has 27 heavy (non-hydrogen) atoms. The Balaban J connectivity index is 1.42. The Labute approximate surface area is 156 Å². The maximum Gasteiger partial charge on any atom is 0.200 e. The van der Waals surface area contributed by atoms with Crippen molar-refractivity contribution in [3.05, 3.63) is 65.4 Å². The van der Waals surface area contributed by atoms with E-state index in [1.807, 2.05) is 25.5 Å². The quantitative estimate of drug-likeness (QED) is 0.661. The molecule has 0 fully saturated rings. The van der Waals surface area contributed by atoms with Crippen LogP contribution in [0.5, 0.6) is 5.75 Å². The van der Waals surface area contributed by atoms with Crippen LogP contribution in [0.2, 0.25) is 0 Å². The molecule has 138 valence electrons. The molecule has 0 bridgehead atoms. The second kappa shape index (κ2) is 7.11. The highest BCUT2D eigenvalue weighted by atomic mass is 19.1. The molecular weight excluding hydrogens is 345 g/mol. The summed E-state index contributed by atoms with van der Waals surface area (Å²) in [6.07, 6.45) is 6.58. The largest absolute Gasteiger partial charge is 0.494 e. The van der Waals surface area contributed by atoms with Crippen LogP contribution >= 0.6 is 0 Å². The summed E-state index contributed by atoms with van der Waals surface area (Å²) in [7, 11) is 1.44. The average Bonchev–Trinajstić information content (AvgIpc) is 3.05. The van der Waals surface area contributed by atoms with Crippen molar-refractivity contribution in [2.75, 3.05) is 19.0 Å². The van der Waals surface area contributed by atoms with E-state index in [1.54, 1.807) is 12.1 Å². The third-order valence-corrected chi connectivity index (χ3v) is 4.44. The summed E-state index contributed by atoms with van der Waals surface area (Å²) >= 11 is 0. The van der Waals surface area contributed by atoms with Crippen molar-refractivity contribution in [3.8, 4) is 5.75 Å². The van der Waals surface area contributed by atoms with Gasteiger partial charge in [0.1, 0.15) is 5.65 Å². The topological polar surface area (TPSA) is 74.3 Å². The predicted octanol–water partition coefficient (Wildman–Crippen LogP) is 3.52. The first-order chi connectivity index (χ1) is 13.1. The van der Waals surface area contributed by atoms with Gasteiger partial charge in [-0.15, -0.1) is 0 Å². The SMILES string of the molecule is COc1ccc(NC2=NCC(Cc3c[nH]c4ncc(C)cc34)=CN2)cc1F. The van der Waals surface area contributed by atoms with E-state index in [4.69, 9.17) is 4.74 Å². The second-order valence-corrected chi connectivity index (χ2v) is 6.49. The highest BCUT2D eigenvalue weighted by molar-refractivity contribution is 5.95. The van der Waals surface area contributed by atoms with Crippen LogP contribution in [0.25, 0.3) is 11.0 Å². The van der Waals surface area contributed by atoms with Crippen molar-refractivity contribution in [2.24, 2.45) is 4.99 Å². The normalized spacial score (nSPS) is 13.7. The van der Waals surface area contributed by atoms with Gasteiger partial charge in [0.15, 0.2) is 17.5 Å². The lowest BCUT2D eigenvalue weighted by Crippen LogP contribution is -2.30. The van der Waals surface area contributed by atoms with Gasteiger partial charge < -0.3 is 20.4 Å². The number of halogens is 1. The lowest BCUT2D eigenvalue weighted by Gasteiger charge is -2.16. The predicted molar refractivity (Wildman–Crippen MR) is 105 cm³/mol. The summed E-state index contributed by atoms with van der Waals surface area (Å²) in [4.78, 5) is 12.1. The number of aryl methyl sites for hydroxylation is 1. The van der Waals surface area contributed by atoms with Crippen molar-refractivity contribution >= 4 is 22.7 Å². The number of aromatic amines is 1. The molecule has 0 atom stereocenters. The number of nitrogens with zero attached hydrogens (tertiary/aromatic N) is 2. The number of benzene rings is 1. The number of anilines is 1. The van der Waals surface area contributed by atoms with Gasteiger partial charge >= 0.3 is 0 Å². The number of hydrogen-bond acceptors (Lipinski definition) is 5. The van der Waals surface area contributed by atoms with E-state index in [-0.39, 0.29) is 5.75 Å². The second-order valence-electron chi connectivity index (χ2n) is 6.49. The van der Waals surface area contributed by atoms with Gasteiger partial charge in [-0.2, -0.15) is 0 Å². The lowest BCUT2D eigenvalue weighted by molar-refractivity contribution is 0.386. The number of aromatic nitrogens is 2. The summed E-state index contributed by atoms with van der Waals surface area (Å²) in [5.41, 5.74) is 4.99. The van der Waals surface area contributed by atoms with Crippen LogP contribution in [0, 0.1) is 12.7 Å². The van der Waals surface area contributed by atoms with Gasteiger partial charge in [0.05, 0.1) is 13.7 Å². The van der Waals surface area contributed by atoms with E-state index in [1.165, 1.54) is 18.7 Å². The average molecular weight is 365 g/mol. The fourth-order valence-electron chi connectivity index (χ4n) is 3.06. The Morgan fingerprint density at radius 1 is 1.30 bits per heavy atom. The molecule has 0 amide bonds. The van der Waals surface area contributed by atoms with Crippen LogP contribution in [0.1, 0.15) is 11.1 Å². The molecule has 4 rings (SSSR count). The number of nitrogens with one attached hydrogen (secondary N) is 3. The number of rotatable bonds is 4. The number of fused-ring (bicyclic) bond motifs is 1. The molecule has 6 nitrogen and oxygen atoms in total. The molecule has 3 N–H and O–H groups in total. The summed E-state index contributed by atoms with van der Waals surface area (Å²) in [5, 5.41) is 7.34. The van der Waals surface area contributed by atoms with E-state index in [9.17, 15) is 4.39 Å². The monoisotopic (exact) mass is 365 g/mol. The number of aliphatic imine (C=N–C) groups is 1. The molecule has 1 aliphatic heterocycles. The molecule has 1 aromatic carbocycles. The van der Waals surface area contributed by atoms with E-state index < -0.39 is 5.82 Å². The Morgan fingerprint density at radius 2 is 2.19 bits per heavy atom. The molecule has 0 saturated heterocycles. The van der Waals surface area contributed by atoms with Gasteiger partial charge in [-0.25, -0.2) is 14.4 Å². The third-order valence-electron chi connectivity index (χ3n) is 4.44. The van der Waals surface area contributed by atoms with Crippen LogP contribution in [-0.4, -0.2) is 29.6 Å². The molecule has 1 aliphatic rings. The van der Waals surface area contributed by atoms with Crippen LogP contribution in [0.4, 0.5) is 10.1 Å². The minimum atomic E-state index is -0.418. The molecule has 0 radical (unpaired) electrons. The molecular formula is C20H20FN5O. The van der Waals surface area contributed by atoms with Crippen LogP contribution < -0.4 is 15.4 Å². The summed E-state index contributed by atoms with van der Waals surface area (Å²) < 4.78 is 18.7. The van der Waals surface area contributed by atoms with E-state index in [0.29, 0.717) is 18.2 Å². The van der Waals surface area contributed by atoms with E-state index in [0.717, 1.165) is 28.6 Å². The van der Waals surface area contributed by atoms with Crippen molar-refractivity contribution in [3.63, 3.8) is 0 Å². The van der Waals surface area contributed by atoms with Crippen molar-refractivity contribution in [2.45, 2.75) is 13.3 Å². The number of H-pyrrole nitrogens is 1. The maximum atomic E-state index is 13.8. The number of methoxy groups -OCH3 is 1. The first-order valence-electron chi connectivity index (χ1n) is 8.64. The standard InChI is InChI=1S/C20H20FN5O/c1-12-5-16-14(11-23-19(16)22-8-12)6-13-9-24-20(25-10-13)26-15-3-4-18(27-2)17(21)7-15/h3-5,7-9,11H,6,10H2,1-2H3,(H,22,23)(H2,24,25,26). The minimum Gasteiger partial charge on any atom is -0.494 e. The van der Waals surface area contributed by atoms with Crippen molar-refractivity contribution in [1.29, 1.82) is 0 Å². The third kappa shape index (κ3) is 3.62. The Morgan fingerprint density at radius 3 is 2.93 bits per heavy atom. The van der Waals surface area contributed by atoms with Gasteiger partial charge in [-0.05, 0) is 48.2 Å². The Bertz CT molecular complexity index is 1050. The first kappa shape index (κ1) is 17.1. The zero-order valence-corrected chi connectivity index (χ0v) is 15.1. The molecule has 0 aliphatic carbocycles. The molecule has 3 aromatic rings. The molecule has 0 saturated carbocycles. The fourth-order valence-corrected chi connectivity index (χ4v) is 3.06. The van der Waals surface area contributed by atoms with Crippen LogP contribution in [0.3, 0.4) is 0 Å². The summed E-state index contributed by atoms with van der Waals surface area (Å²) in [6.45, 7) is 2.61. The summed E-state index contributed by atoms with van der Waals surface area (Å²) in [5.74, 6) is 0.378. The highest BCUT2D eigenvalue weighted by Crippen LogP contribution is 2.22. The smallest absolute Gasteiger partial charge is 0.200 e.